The van der Waals surface area contributed by atoms with Crippen molar-refractivity contribution in [1.82, 2.24) is 10.2 Å². The van der Waals surface area contributed by atoms with Gasteiger partial charge in [0, 0.05) is 26.7 Å². The van der Waals surface area contributed by atoms with Gasteiger partial charge in [0.05, 0.1) is 7.11 Å². The third-order valence-electron chi connectivity index (χ3n) is 3.96. The van der Waals surface area contributed by atoms with E-state index in [2.05, 4.69) is 22.1 Å². The maximum atomic E-state index is 13.7. The summed E-state index contributed by atoms with van der Waals surface area (Å²) in [5.41, 5.74) is 0.875. The van der Waals surface area contributed by atoms with Crippen molar-refractivity contribution in [3.05, 3.63) is 29.6 Å². The molecule has 0 unspecified atom stereocenters. The fourth-order valence-corrected chi connectivity index (χ4v) is 2.55. The second kappa shape index (κ2) is 9.17. The van der Waals surface area contributed by atoms with Crippen LogP contribution in [-0.4, -0.2) is 38.1 Å². The maximum absolute atomic E-state index is 13.7. The van der Waals surface area contributed by atoms with Crippen LogP contribution in [0.4, 0.5) is 4.39 Å². The first-order valence-electron chi connectivity index (χ1n) is 7.42. The first-order chi connectivity index (χ1) is 10.1. The quantitative estimate of drug-likeness (QED) is 0.463. The fourth-order valence-electron chi connectivity index (χ4n) is 2.55. The number of hydrogen-bond acceptors (Lipinski definition) is 2. The van der Waals surface area contributed by atoms with Crippen molar-refractivity contribution in [2.24, 2.45) is 10.9 Å². The number of nitrogens with one attached hydrogen (secondary N) is 1. The number of hydrogen-bond donors (Lipinski definition) is 1. The first-order valence-corrected chi connectivity index (χ1v) is 7.42. The first kappa shape index (κ1) is 19.0. The van der Waals surface area contributed by atoms with E-state index in [0.717, 1.165) is 30.5 Å². The molecule has 22 heavy (non-hydrogen) atoms. The molecular weight excluding hydrogens is 396 g/mol. The molecule has 1 aromatic rings. The van der Waals surface area contributed by atoms with E-state index in [1.807, 2.05) is 6.07 Å². The van der Waals surface area contributed by atoms with E-state index in [-0.39, 0.29) is 35.5 Å². The molecule has 1 saturated heterocycles. The summed E-state index contributed by atoms with van der Waals surface area (Å²) in [6.07, 6.45) is 2.38. The van der Waals surface area contributed by atoms with Crippen LogP contribution in [0.25, 0.3) is 0 Å². The Bertz CT molecular complexity index is 502. The summed E-state index contributed by atoms with van der Waals surface area (Å²) in [7, 11) is 3.25. The van der Waals surface area contributed by atoms with Crippen molar-refractivity contribution in [3.8, 4) is 5.75 Å². The largest absolute Gasteiger partial charge is 0.494 e. The van der Waals surface area contributed by atoms with E-state index in [0.29, 0.717) is 6.54 Å². The highest BCUT2D eigenvalue weighted by molar-refractivity contribution is 14.0. The van der Waals surface area contributed by atoms with Gasteiger partial charge in [-0.25, -0.2) is 4.39 Å². The van der Waals surface area contributed by atoms with E-state index < -0.39 is 0 Å². The molecule has 2 rings (SSSR count). The monoisotopic (exact) mass is 421 g/mol. The van der Waals surface area contributed by atoms with Gasteiger partial charge in [0.2, 0.25) is 0 Å². The molecule has 124 valence electrons. The number of benzene rings is 1. The van der Waals surface area contributed by atoms with Gasteiger partial charge in [-0.05, 0) is 36.5 Å². The summed E-state index contributed by atoms with van der Waals surface area (Å²) >= 11 is 0. The van der Waals surface area contributed by atoms with Crippen LogP contribution in [0.3, 0.4) is 0 Å². The lowest BCUT2D eigenvalue weighted by molar-refractivity contribution is 0.273. The minimum atomic E-state index is -0.335. The van der Waals surface area contributed by atoms with Crippen molar-refractivity contribution in [2.75, 3.05) is 27.2 Å². The molecule has 1 fully saturated rings. The number of rotatable bonds is 3. The van der Waals surface area contributed by atoms with Crippen molar-refractivity contribution in [2.45, 2.75) is 26.3 Å². The molecule has 1 N–H and O–H groups in total. The third-order valence-corrected chi connectivity index (χ3v) is 3.96. The van der Waals surface area contributed by atoms with Gasteiger partial charge in [-0.2, -0.15) is 0 Å². The lowest BCUT2D eigenvalue weighted by atomic mass is 9.99. The number of guanidine groups is 1. The van der Waals surface area contributed by atoms with Crippen LogP contribution in [0.2, 0.25) is 0 Å². The van der Waals surface area contributed by atoms with Crippen LogP contribution in [-0.2, 0) is 6.54 Å². The number of ether oxygens (including phenoxy) is 1. The van der Waals surface area contributed by atoms with Crippen molar-refractivity contribution < 1.29 is 9.13 Å². The molecule has 0 bridgehead atoms. The van der Waals surface area contributed by atoms with Crippen LogP contribution >= 0.6 is 24.0 Å². The highest BCUT2D eigenvalue weighted by Gasteiger charge is 2.18. The van der Waals surface area contributed by atoms with Gasteiger partial charge < -0.3 is 15.0 Å². The number of methoxy groups -OCH3 is 1. The molecule has 0 atom stereocenters. The number of piperidine rings is 1. The van der Waals surface area contributed by atoms with Crippen molar-refractivity contribution in [1.29, 1.82) is 0 Å². The molecule has 1 aliphatic heterocycles. The minimum Gasteiger partial charge on any atom is -0.494 e. The molecule has 4 nitrogen and oxygen atoms in total. The highest BCUT2D eigenvalue weighted by Crippen LogP contribution is 2.18. The highest BCUT2D eigenvalue weighted by atomic mass is 127. The zero-order valence-corrected chi connectivity index (χ0v) is 15.8. The Kier molecular flexibility index (Phi) is 7.92. The summed E-state index contributed by atoms with van der Waals surface area (Å²) in [5, 5.41) is 3.30. The zero-order valence-electron chi connectivity index (χ0n) is 13.4. The predicted molar refractivity (Wildman–Crippen MR) is 98.5 cm³/mol. The van der Waals surface area contributed by atoms with Gasteiger partial charge in [-0.3, -0.25) is 4.99 Å². The minimum absolute atomic E-state index is 0. The topological polar surface area (TPSA) is 36.9 Å². The van der Waals surface area contributed by atoms with Gasteiger partial charge in [0.25, 0.3) is 0 Å². The third kappa shape index (κ3) is 5.00. The molecule has 1 aromatic carbocycles. The zero-order chi connectivity index (χ0) is 15.2. The summed E-state index contributed by atoms with van der Waals surface area (Å²) < 4.78 is 18.6. The maximum Gasteiger partial charge on any atom is 0.193 e. The van der Waals surface area contributed by atoms with Crippen molar-refractivity contribution >= 4 is 29.9 Å². The van der Waals surface area contributed by atoms with E-state index in [4.69, 9.17) is 4.74 Å². The van der Waals surface area contributed by atoms with Gasteiger partial charge in [0.15, 0.2) is 17.5 Å². The average molecular weight is 421 g/mol. The van der Waals surface area contributed by atoms with Crippen LogP contribution in [0, 0.1) is 11.7 Å². The molecule has 0 spiro atoms. The number of nitrogens with zero attached hydrogens (tertiary/aromatic N) is 2. The molecule has 1 aliphatic rings. The van der Waals surface area contributed by atoms with Gasteiger partial charge in [-0.1, -0.05) is 13.0 Å². The van der Waals surface area contributed by atoms with Gasteiger partial charge in [-0.15, -0.1) is 24.0 Å². The Hall–Kier alpha value is -1.05. The normalized spacial score (nSPS) is 16.2. The average Bonchev–Trinajstić information content (AvgIpc) is 2.49. The SMILES string of the molecule is CN=C(NCc1ccc(OC)c(F)c1)N1CCC(C)CC1.I. The van der Waals surface area contributed by atoms with Crippen LogP contribution in [0.5, 0.6) is 5.75 Å². The van der Waals surface area contributed by atoms with E-state index >= 15 is 0 Å². The van der Waals surface area contributed by atoms with E-state index in [9.17, 15) is 4.39 Å². The Morgan fingerprint density at radius 2 is 2.09 bits per heavy atom. The molecule has 0 radical (unpaired) electrons. The van der Waals surface area contributed by atoms with Gasteiger partial charge in [0.1, 0.15) is 0 Å². The van der Waals surface area contributed by atoms with E-state index in [1.165, 1.54) is 26.0 Å². The molecule has 0 saturated carbocycles. The molecule has 0 amide bonds. The number of aliphatic imine (C=N–C) groups is 1. The van der Waals surface area contributed by atoms with Crippen molar-refractivity contribution in [3.63, 3.8) is 0 Å². The summed E-state index contributed by atoms with van der Waals surface area (Å²) in [5.74, 6) is 1.61. The van der Waals surface area contributed by atoms with Crippen LogP contribution < -0.4 is 10.1 Å². The Morgan fingerprint density at radius 1 is 1.41 bits per heavy atom. The lowest BCUT2D eigenvalue weighted by Crippen LogP contribution is -2.45. The summed E-state index contributed by atoms with van der Waals surface area (Å²) in [6.45, 7) is 4.89. The van der Waals surface area contributed by atoms with E-state index in [1.54, 1.807) is 13.1 Å². The molecule has 1 heterocycles. The Morgan fingerprint density at radius 3 is 2.64 bits per heavy atom. The fraction of sp³-hybridized carbons (Fsp3) is 0.562. The molecule has 0 aromatic heterocycles. The Balaban J connectivity index is 0.00000242. The standard InChI is InChI=1S/C16H24FN3O.HI/c1-12-6-8-20(9-7-12)16(18-2)19-11-13-4-5-15(21-3)14(17)10-13;/h4-5,10,12H,6-9,11H2,1-3H3,(H,18,19);1H. The number of likely N-dealkylation sites (tertiary alicyclic amines) is 1. The lowest BCUT2D eigenvalue weighted by Gasteiger charge is -2.32. The summed E-state index contributed by atoms with van der Waals surface area (Å²) in [4.78, 5) is 6.58. The predicted octanol–water partition coefficient (Wildman–Crippen LogP) is 3.26. The Labute approximate surface area is 149 Å². The molecular formula is C16H25FIN3O. The van der Waals surface area contributed by atoms with Crippen LogP contribution in [0.1, 0.15) is 25.3 Å². The number of halogens is 2. The molecule has 0 aliphatic carbocycles. The van der Waals surface area contributed by atoms with Gasteiger partial charge >= 0.3 is 0 Å². The molecule has 6 heteroatoms. The second-order valence-corrected chi connectivity index (χ2v) is 5.54. The smallest absolute Gasteiger partial charge is 0.193 e. The second-order valence-electron chi connectivity index (χ2n) is 5.54. The summed E-state index contributed by atoms with van der Waals surface area (Å²) in [6, 6.07) is 5.01. The van der Waals surface area contributed by atoms with Crippen LogP contribution in [0.15, 0.2) is 23.2 Å².